The second-order valence-corrected chi connectivity index (χ2v) is 5.64. The highest BCUT2D eigenvalue weighted by Crippen LogP contribution is 2.33. The minimum Gasteiger partial charge on any atom is -0.0617 e. The maximum atomic E-state index is 2.31. The molecule has 0 radical (unpaired) electrons. The van der Waals surface area contributed by atoms with Gasteiger partial charge in [0.05, 0.1) is 0 Å². The SMILES string of the molecule is CCc1cccc(C(C)C)c1C(C)(C)C. The summed E-state index contributed by atoms with van der Waals surface area (Å²) in [6.07, 6.45) is 1.13. The molecular formula is C15H24. The van der Waals surface area contributed by atoms with Gasteiger partial charge in [-0.25, -0.2) is 0 Å². The monoisotopic (exact) mass is 204 g/mol. The van der Waals surface area contributed by atoms with Crippen LogP contribution in [0.15, 0.2) is 18.2 Å². The van der Waals surface area contributed by atoms with E-state index in [1.165, 1.54) is 11.1 Å². The van der Waals surface area contributed by atoms with Gasteiger partial charge < -0.3 is 0 Å². The molecule has 0 aliphatic carbocycles. The summed E-state index contributed by atoms with van der Waals surface area (Å²) in [4.78, 5) is 0. The third-order valence-corrected chi connectivity index (χ3v) is 2.94. The average Bonchev–Trinajstić information content (AvgIpc) is 2.15. The van der Waals surface area contributed by atoms with E-state index < -0.39 is 0 Å². The van der Waals surface area contributed by atoms with Crippen LogP contribution in [-0.2, 0) is 11.8 Å². The maximum absolute atomic E-state index is 2.31. The van der Waals surface area contributed by atoms with Gasteiger partial charge in [-0.05, 0) is 34.4 Å². The molecular weight excluding hydrogens is 180 g/mol. The highest BCUT2D eigenvalue weighted by atomic mass is 14.3. The lowest BCUT2D eigenvalue weighted by molar-refractivity contribution is 0.570. The Morgan fingerprint density at radius 1 is 1.13 bits per heavy atom. The molecule has 0 aromatic heterocycles. The highest BCUT2D eigenvalue weighted by molar-refractivity contribution is 5.41. The van der Waals surface area contributed by atoms with Crippen LogP contribution in [0.4, 0.5) is 0 Å². The lowest BCUT2D eigenvalue weighted by Gasteiger charge is -2.27. The van der Waals surface area contributed by atoms with Crippen molar-refractivity contribution in [2.75, 3.05) is 0 Å². The first kappa shape index (κ1) is 12.3. The highest BCUT2D eigenvalue weighted by Gasteiger charge is 2.21. The average molecular weight is 204 g/mol. The van der Waals surface area contributed by atoms with Gasteiger partial charge in [0.25, 0.3) is 0 Å². The molecule has 15 heavy (non-hydrogen) atoms. The summed E-state index contributed by atoms with van der Waals surface area (Å²) >= 11 is 0. The Kier molecular flexibility index (Phi) is 3.59. The molecule has 0 unspecified atom stereocenters. The molecule has 0 N–H and O–H groups in total. The zero-order valence-electron chi connectivity index (χ0n) is 11.0. The molecule has 1 rings (SSSR count). The number of benzene rings is 1. The van der Waals surface area contributed by atoms with E-state index in [4.69, 9.17) is 0 Å². The van der Waals surface area contributed by atoms with Gasteiger partial charge in [0.15, 0.2) is 0 Å². The van der Waals surface area contributed by atoms with E-state index >= 15 is 0 Å². The maximum Gasteiger partial charge on any atom is -0.0126 e. The third-order valence-electron chi connectivity index (χ3n) is 2.94. The van der Waals surface area contributed by atoms with Crippen LogP contribution in [0.25, 0.3) is 0 Å². The molecule has 0 fully saturated rings. The van der Waals surface area contributed by atoms with Crippen LogP contribution in [0.1, 0.15) is 64.2 Å². The van der Waals surface area contributed by atoms with Crippen molar-refractivity contribution in [1.82, 2.24) is 0 Å². The molecule has 0 heterocycles. The van der Waals surface area contributed by atoms with Gasteiger partial charge in [0.2, 0.25) is 0 Å². The summed E-state index contributed by atoms with van der Waals surface area (Å²) in [7, 11) is 0. The molecule has 0 atom stereocenters. The van der Waals surface area contributed by atoms with Gasteiger partial charge in [0, 0.05) is 0 Å². The summed E-state index contributed by atoms with van der Waals surface area (Å²) in [6, 6.07) is 6.75. The summed E-state index contributed by atoms with van der Waals surface area (Å²) in [5.41, 5.74) is 4.84. The minimum absolute atomic E-state index is 0.256. The molecule has 0 amide bonds. The van der Waals surface area contributed by atoms with Crippen LogP contribution in [0.3, 0.4) is 0 Å². The van der Waals surface area contributed by atoms with Crippen molar-refractivity contribution >= 4 is 0 Å². The van der Waals surface area contributed by atoms with Crippen molar-refractivity contribution in [1.29, 1.82) is 0 Å². The van der Waals surface area contributed by atoms with Crippen LogP contribution in [0, 0.1) is 0 Å². The molecule has 0 nitrogen and oxygen atoms in total. The molecule has 0 saturated carbocycles. The summed E-state index contributed by atoms with van der Waals surface area (Å²) in [6.45, 7) is 13.7. The van der Waals surface area contributed by atoms with Crippen molar-refractivity contribution < 1.29 is 0 Å². The van der Waals surface area contributed by atoms with Crippen molar-refractivity contribution in [3.8, 4) is 0 Å². The Morgan fingerprint density at radius 2 is 1.73 bits per heavy atom. The van der Waals surface area contributed by atoms with Crippen LogP contribution in [0.5, 0.6) is 0 Å². The van der Waals surface area contributed by atoms with E-state index in [9.17, 15) is 0 Å². The Bertz CT molecular complexity index is 326. The zero-order chi connectivity index (χ0) is 11.6. The van der Waals surface area contributed by atoms with E-state index in [-0.39, 0.29) is 5.41 Å². The number of rotatable bonds is 2. The number of hydrogen-bond acceptors (Lipinski definition) is 0. The molecule has 0 aliphatic rings. The molecule has 0 spiro atoms. The predicted molar refractivity (Wildman–Crippen MR) is 68.6 cm³/mol. The molecule has 0 saturated heterocycles. The van der Waals surface area contributed by atoms with Crippen LogP contribution in [-0.4, -0.2) is 0 Å². The first-order valence-corrected chi connectivity index (χ1v) is 6.00. The quantitative estimate of drug-likeness (QED) is 0.656. The number of hydrogen-bond donors (Lipinski definition) is 0. The van der Waals surface area contributed by atoms with Crippen molar-refractivity contribution in [2.45, 2.75) is 59.3 Å². The Hall–Kier alpha value is -0.780. The molecule has 0 aliphatic heterocycles. The van der Waals surface area contributed by atoms with E-state index in [1.54, 1.807) is 5.56 Å². The topological polar surface area (TPSA) is 0 Å². The first-order valence-electron chi connectivity index (χ1n) is 6.00. The van der Waals surface area contributed by atoms with E-state index in [0.717, 1.165) is 6.42 Å². The van der Waals surface area contributed by atoms with E-state index in [1.807, 2.05) is 0 Å². The normalized spacial score (nSPS) is 12.2. The van der Waals surface area contributed by atoms with Gasteiger partial charge in [-0.15, -0.1) is 0 Å². The Balaban J connectivity index is 3.41. The lowest BCUT2D eigenvalue weighted by Crippen LogP contribution is -2.17. The molecule has 84 valence electrons. The van der Waals surface area contributed by atoms with Crippen molar-refractivity contribution in [3.63, 3.8) is 0 Å². The summed E-state index contributed by atoms with van der Waals surface area (Å²) in [5.74, 6) is 0.616. The smallest absolute Gasteiger partial charge is 0.0126 e. The van der Waals surface area contributed by atoms with E-state index in [0.29, 0.717) is 5.92 Å². The fourth-order valence-electron chi connectivity index (χ4n) is 2.31. The second-order valence-electron chi connectivity index (χ2n) is 5.64. The molecule has 0 heteroatoms. The summed E-state index contributed by atoms with van der Waals surface area (Å²) in [5, 5.41) is 0. The number of aryl methyl sites for hydroxylation is 1. The molecule has 1 aromatic rings. The van der Waals surface area contributed by atoms with Gasteiger partial charge in [-0.2, -0.15) is 0 Å². The largest absolute Gasteiger partial charge is 0.0617 e. The van der Waals surface area contributed by atoms with Crippen molar-refractivity contribution in [2.24, 2.45) is 0 Å². The van der Waals surface area contributed by atoms with Gasteiger partial charge in [0.1, 0.15) is 0 Å². The minimum atomic E-state index is 0.256. The predicted octanol–water partition coefficient (Wildman–Crippen LogP) is 4.67. The van der Waals surface area contributed by atoms with Crippen LogP contribution in [0.2, 0.25) is 0 Å². The van der Waals surface area contributed by atoms with Crippen LogP contribution >= 0.6 is 0 Å². The second kappa shape index (κ2) is 4.38. The summed E-state index contributed by atoms with van der Waals surface area (Å²) < 4.78 is 0. The third kappa shape index (κ3) is 2.62. The fraction of sp³-hybridized carbons (Fsp3) is 0.600. The lowest BCUT2D eigenvalue weighted by atomic mass is 9.77. The molecule has 0 bridgehead atoms. The van der Waals surface area contributed by atoms with E-state index in [2.05, 4.69) is 59.7 Å². The van der Waals surface area contributed by atoms with Gasteiger partial charge in [-0.1, -0.05) is 59.7 Å². The van der Waals surface area contributed by atoms with Crippen molar-refractivity contribution in [3.05, 3.63) is 34.9 Å². The molecule has 1 aromatic carbocycles. The van der Waals surface area contributed by atoms with Crippen LogP contribution < -0.4 is 0 Å². The first-order chi connectivity index (χ1) is 6.88. The fourth-order valence-corrected chi connectivity index (χ4v) is 2.31. The zero-order valence-corrected chi connectivity index (χ0v) is 11.0. The Morgan fingerprint density at radius 3 is 2.13 bits per heavy atom. The van der Waals surface area contributed by atoms with Gasteiger partial charge >= 0.3 is 0 Å². The Labute approximate surface area is 94.7 Å². The van der Waals surface area contributed by atoms with Gasteiger partial charge in [-0.3, -0.25) is 0 Å². The standard InChI is InChI=1S/C15H24/c1-7-12-9-8-10-13(11(2)3)14(12)15(4,5)6/h8-11H,7H2,1-6H3.